The van der Waals surface area contributed by atoms with E-state index in [1.54, 1.807) is 13.1 Å². The van der Waals surface area contributed by atoms with Gasteiger partial charge >= 0.3 is 0 Å². The maximum absolute atomic E-state index is 9.27. The molecule has 0 aliphatic heterocycles. The van der Waals surface area contributed by atoms with Crippen molar-refractivity contribution in [2.75, 3.05) is 0 Å². The second-order valence-electron chi connectivity index (χ2n) is 3.94. The molecular weight excluding hydrogens is 164 g/mol. The van der Waals surface area contributed by atoms with Crippen molar-refractivity contribution in [2.24, 2.45) is 5.92 Å². The fourth-order valence-corrected chi connectivity index (χ4v) is 1.44. The standard InChI is InChI=1S/C10H16N2O/c1-8(13)10-6-11-12(7-10)5-4-9-2-3-9/h6-9,13H,2-5H2,1H3. The average molecular weight is 180 g/mol. The molecule has 1 aromatic heterocycles. The summed E-state index contributed by atoms with van der Waals surface area (Å²) < 4.78 is 1.93. The first kappa shape index (κ1) is 8.75. The van der Waals surface area contributed by atoms with E-state index in [0.29, 0.717) is 0 Å². The fourth-order valence-electron chi connectivity index (χ4n) is 1.44. The molecule has 1 aliphatic carbocycles. The zero-order valence-corrected chi connectivity index (χ0v) is 7.98. The monoisotopic (exact) mass is 180 g/mol. The van der Waals surface area contributed by atoms with Gasteiger partial charge < -0.3 is 5.11 Å². The summed E-state index contributed by atoms with van der Waals surface area (Å²) in [4.78, 5) is 0. The molecule has 2 rings (SSSR count). The zero-order valence-electron chi connectivity index (χ0n) is 7.98. The summed E-state index contributed by atoms with van der Waals surface area (Å²) in [5.74, 6) is 0.944. The topological polar surface area (TPSA) is 38.1 Å². The van der Waals surface area contributed by atoms with Crippen LogP contribution in [0.1, 0.15) is 37.9 Å². The van der Waals surface area contributed by atoms with Crippen molar-refractivity contribution in [3.63, 3.8) is 0 Å². The second-order valence-corrected chi connectivity index (χ2v) is 3.94. The van der Waals surface area contributed by atoms with E-state index in [1.165, 1.54) is 19.3 Å². The molecule has 1 unspecified atom stereocenters. The van der Waals surface area contributed by atoms with E-state index in [2.05, 4.69) is 5.10 Å². The van der Waals surface area contributed by atoms with Crippen molar-refractivity contribution in [3.05, 3.63) is 18.0 Å². The predicted octanol–water partition coefficient (Wildman–Crippen LogP) is 1.74. The first-order valence-electron chi connectivity index (χ1n) is 4.96. The lowest BCUT2D eigenvalue weighted by atomic mass is 10.2. The first-order chi connectivity index (χ1) is 6.25. The summed E-state index contributed by atoms with van der Waals surface area (Å²) >= 11 is 0. The highest BCUT2D eigenvalue weighted by Crippen LogP contribution is 2.32. The molecule has 3 nitrogen and oxygen atoms in total. The van der Waals surface area contributed by atoms with Crippen molar-refractivity contribution in [1.82, 2.24) is 9.78 Å². The third kappa shape index (κ3) is 2.31. The SMILES string of the molecule is CC(O)c1cnn(CCC2CC2)c1. The number of hydrogen-bond acceptors (Lipinski definition) is 2. The third-order valence-corrected chi connectivity index (χ3v) is 2.60. The van der Waals surface area contributed by atoms with Crippen LogP contribution in [-0.4, -0.2) is 14.9 Å². The van der Waals surface area contributed by atoms with Gasteiger partial charge in [-0.25, -0.2) is 0 Å². The molecule has 3 heteroatoms. The van der Waals surface area contributed by atoms with Gasteiger partial charge in [-0.1, -0.05) is 12.8 Å². The van der Waals surface area contributed by atoms with E-state index in [4.69, 9.17) is 0 Å². The summed E-state index contributed by atoms with van der Waals surface area (Å²) in [6.45, 7) is 2.76. The number of rotatable bonds is 4. The Balaban J connectivity index is 1.88. The largest absolute Gasteiger partial charge is 0.389 e. The van der Waals surface area contributed by atoms with Crippen LogP contribution in [0, 0.1) is 5.92 Å². The van der Waals surface area contributed by atoms with Gasteiger partial charge in [-0.05, 0) is 19.3 Å². The molecule has 0 saturated heterocycles. The Morgan fingerprint density at radius 1 is 1.69 bits per heavy atom. The van der Waals surface area contributed by atoms with Crippen LogP contribution in [0.15, 0.2) is 12.4 Å². The minimum atomic E-state index is -0.394. The molecule has 1 N–H and O–H groups in total. The minimum absolute atomic E-state index is 0.394. The normalized spacial score (nSPS) is 18.9. The molecule has 0 amide bonds. The quantitative estimate of drug-likeness (QED) is 0.766. The maximum Gasteiger partial charge on any atom is 0.0792 e. The van der Waals surface area contributed by atoms with Gasteiger partial charge in [-0.15, -0.1) is 0 Å². The Morgan fingerprint density at radius 2 is 2.46 bits per heavy atom. The lowest BCUT2D eigenvalue weighted by molar-refractivity contribution is 0.199. The molecule has 1 atom stereocenters. The highest BCUT2D eigenvalue weighted by atomic mass is 16.3. The molecule has 72 valence electrons. The molecule has 1 aromatic rings. The van der Waals surface area contributed by atoms with Gasteiger partial charge in [-0.3, -0.25) is 4.68 Å². The van der Waals surface area contributed by atoms with Crippen LogP contribution >= 0.6 is 0 Å². The average Bonchev–Trinajstić information content (AvgIpc) is 2.79. The molecule has 0 bridgehead atoms. The van der Waals surface area contributed by atoms with Gasteiger partial charge in [0.2, 0.25) is 0 Å². The minimum Gasteiger partial charge on any atom is -0.389 e. The molecule has 0 radical (unpaired) electrons. The number of aliphatic hydroxyl groups is 1. The molecule has 13 heavy (non-hydrogen) atoms. The van der Waals surface area contributed by atoms with Gasteiger partial charge in [0.15, 0.2) is 0 Å². The van der Waals surface area contributed by atoms with Crippen molar-refractivity contribution in [2.45, 2.75) is 38.8 Å². The second kappa shape index (κ2) is 3.50. The van der Waals surface area contributed by atoms with Gasteiger partial charge in [0.1, 0.15) is 0 Å². The van der Waals surface area contributed by atoms with Gasteiger partial charge in [-0.2, -0.15) is 5.10 Å². The number of hydrogen-bond donors (Lipinski definition) is 1. The van der Waals surface area contributed by atoms with E-state index in [1.807, 2.05) is 10.9 Å². The molecule has 1 aliphatic rings. The smallest absolute Gasteiger partial charge is 0.0792 e. The van der Waals surface area contributed by atoms with Crippen LogP contribution in [0.25, 0.3) is 0 Å². The highest BCUT2D eigenvalue weighted by Gasteiger charge is 2.20. The molecule has 1 heterocycles. The van der Waals surface area contributed by atoms with E-state index >= 15 is 0 Å². The van der Waals surface area contributed by atoms with Crippen LogP contribution < -0.4 is 0 Å². The van der Waals surface area contributed by atoms with E-state index < -0.39 is 6.10 Å². The summed E-state index contributed by atoms with van der Waals surface area (Å²) in [7, 11) is 0. The molecule has 1 fully saturated rings. The van der Waals surface area contributed by atoms with E-state index in [9.17, 15) is 5.11 Å². The van der Waals surface area contributed by atoms with Gasteiger partial charge in [0.05, 0.1) is 12.3 Å². The number of aliphatic hydroxyl groups excluding tert-OH is 1. The summed E-state index contributed by atoms with van der Waals surface area (Å²) in [6.07, 6.45) is 7.32. The molecular formula is C10H16N2O. The summed E-state index contributed by atoms with van der Waals surface area (Å²) in [6, 6.07) is 0. The van der Waals surface area contributed by atoms with Crippen LogP contribution in [0.2, 0.25) is 0 Å². The van der Waals surface area contributed by atoms with Gasteiger partial charge in [0, 0.05) is 18.3 Å². The van der Waals surface area contributed by atoms with Crippen LogP contribution in [0.3, 0.4) is 0 Å². The number of aromatic nitrogens is 2. The maximum atomic E-state index is 9.27. The van der Waals surface area contributed by atoms with Crippen molar-refractivity contribution in [1.29, 1.82) is 0 Å². The van der Waals surface area contributed by atoms with Gasteiger partial charge in [0.25, 0.3) is 0 Å². The van der Waals surface area contributed by atoms with Crippen LogP contribution in [-0.2, 0) is 6.54 Å². The Labute approximate surface area is 78.4 Å². The predicted molar refractivity (Wildman–Crippen MR) is 50.2 cm³/mol. The van der Waals surface area contributed by atoms with Crippen molar-refractivity contribution >= 4 is 0 Å². The molecule has 1 saturated carbocycles. The van der Waals surface area contributed by atoms with E-state index in [-0.39, 0.29) is 0 Å². The van der Waals surface area contributed by atoms with Crippen LogP contribution in [0.4, 0.5) is 0 Å². The summed E-state index contributed by atoms with van der Waals surface area (Å²) in [5.41, 5.74) is 0.913. The molecule has 0 spiro atoms. The Hall–Kier alpha value is -0.830. The lowest BCUT2D eigenvalue weighted by Gasteiger charge is -1.99. The Morgan fingerprint density at radius 3 is 3.00 bits per heavy atom. The fraction of sp³-hybridized carbons (Fsp3) is 0.700. The number of aryl methyl sites for hydroxylation is 1. The molecule has 0 aromatic carbocycles. The first-order valence-corrected chi connectivity index (χ1v) is 4.96. The summed E-state index contributed by atoms with van der Waals surface area (Å²) in [5, 5.41) is 13.5. The number of nitrogens with zero attached hydrogens (tertiary/aromatic N) is 2. The lowest BCUT2D eigenvalue weighted by Crippen LogP contribution is -1.98. The van der Waals surface area contributed by atoms with E-state index in [0.717, 1.165) is 18.0 Å². The van der Waals surface area contributed by atoms with Crippen LogP contribution in [0.5, 0.6) is 0 Å². The Bertz CT molecular complexity index is 276. The van der Waals surface area contributed by atoms with Crippen molar-refractivity contribution in [3.8, 4) is 0 Å². The highest BCUT2D eigenvalue weighted by molar-refractivity contribution is 5.06. The Kier molecular flexibility index (Phi) is 2.36. The van der Waals surface area contributed by atoms with Crippen molar-refractivity contribution < 1.29 is 5.11 Å². The zero-order chi connectivity index (χ0) is 9.26. The third-order valence-electron chi connectivity index (χ3n) is 2.60.